The van der Waals surface area contributed by atoms with Gasteiger partial charge in [-0.3, -0.25) is 9.59 Å². The minimum absolute atomic E-state index is 0.0482. The number of rotatable bonds is 5. The van der Waals surface area contributed by atoms with E-state index in [1.165, 1.54) is 0 Å². The summed E-state index contributed by atoms with van der Waals surface area (Å²) >= 11 is 0. The molecule has 0 spiro atoms. The van der Waals surface area contributed by atoms with Crippen LogP contribution < -0.4 is 10.6 Å². The molecule has 0 aliphatic rings. The fourth-order valence-corrected chi connectivity index (χ4v) is 2.76. The van der Waals surface area contributed by atoms with E-state index >= 15 is 0 Å². The van der Waals surface area contributed by atoms with Gasteiger partial charge < -0.3 is 15.7 Å². The van der Waals surface area contributed by atoms with Crippen LogP contribution in [-0.2, 0) is 11.2 Å². The van der Waals surface area contributed by atoms with Crippen LogP contribution in [0.25, 0.3) is 0 Å². The van der Waals surface area contributed by atoms with E-state index < -0.39 is 0 Å². The number of carbonyl (C=O) groups excluding carboxylic acids is 2. The van der Waals surface area contributed by atoms with Crippen LogP contribution in [0.4, 0.5) is 11.4 Å². The van der Waals surface area contributed by atoms with Crippen molar-refractivity contribution in [2.24, 2.45) is 0 Å². The zero-order valence-corrected chi connectivity index (χ0v) is 14.9. The molecular weight excluding hydrogens is 340 g/mol. The highest BCUT2D eigenvalue weighted by molar-refractivity contribution is 6.06. The molecule has 2 amide bonds. The van der Waals surface area contributed by atoms with Gasteiger partial charge in [0.2, 0.25) is 5.91 Å². The number of para-hydroxylation sites is 2. The topological polar surface area (TPSA) is 78.4 Å². The second-order valence-corrected chi connectivity index (χ2v) is 6.15. The van der Waals surface area contributed by atoms with Crippen LogP contribution in [0.3, 0.4) is 0 Å². The number of amides is 2. The van der Waals surface area contributed by atoms with Crippen molar-refractivity contribution in [2.45, 2.75) is 13.3 Å². The summed E-state index contributed by atoms with van der Waals surface area (Å²) in [6.45, 7) is 1.79. The maximum absolute atomic E-state index is 12.6. The second kappa shape index (κ2) is 8.19. The standard InChI is InChI=1S/C22H20N2O3/c1-15-18(22(27)23-17-9-3-2-4-10-17)11-7-12-19(15)24-21(26)14-16-8-5-6-13-20(16)25/h2-13,25H,14H2,1H3,(H,23,27)(H,24,26). The monoisotopic (exact) mass is 360 g/mol. The SMILES string of the molecule is Cc1c(NC(=O)Cc2ccccc2O)cccc1C(=O)Nc1ccccc1. The van der Waals surface area contributed by atoms with E-state index in [9.17, 15) is 14.7 Å². The number of anilines is 2. The molecule has 0 saturated heterocycles. The first-order valence-electron chi connectivity index (χ1n) is 8.57. The Kier molecular flexibility index (Phi) is 5.52. The van der Waals surface area contributed by atoms with E-state index in [2.05, 4.69) is 10.6 Å². The molecule has 0 saturated carbocycles. The number of hydrogen-bond acceptors (Lipinski definition) is 3. The third-order valence-corrected chi connectivity index (χ3v) is 4.23. The fourth-order valence-electron chi connectivity index (χ4n) is 2.76. The van der Waals surface area contributed by atoms with Crippen LogP contribution in [0.1, 0.15) is 21.5 Å². The smallest absolute Gasteiger partial charge is 0.256 e. The molecule has 3 N–H and O–H groups in total. The number of carbonyl (C=O) groups is 2. The first kappa shape index (κ1) is 18.2. The molecule has 0 radical (unpaired) electrons. The van der Waals surface area contributed by atoms with Gasteiger partial charge in [0.05, 0.1) is 6.42 Å². The van der Waals surface area contributed by atoms with Gasteiger partial charge in [-0.2, -0.15) is 0 Å². The Bertz CT molecular complexity index is 968. The molecule has 3 rings (SSSR count). The lowest BCUT2D eigenvalue weighted by atomic mass is 10.1. The molecule has 5 nitrogen and oxygen atoms in total. The highest BCUT2D eigenvalue weighted by Gasteiger charge is 2.14. The van der Waals surface area contributed by atoms with Crippen molar-refractivity contribution in [2.75, 3.05) is 10.6 Å². The highest BCUT2D eigenvalue weighted by atomic mass is 16.3. The average Bonchev–Trinajstić information content (AvgIpc) is 2.66. The lowest BCUT2D eigenvalue weighted by Gasteiger charge is -2.13. The van der Waals surface area contributed by atoms with E-state index in [0.29, 0.717) is 28.1 Å². The molecule has 0 unspecified atom stereocenters. The summed E-state index contributed by atoms with van der Waals surface area (Å²) in [6.07, 6.45) is 0.0482. The van der Waals surface area contributed by atoms with Gasteiger partial charge in [-0.25, -0.2) is 0 Å². The summed E-state index contributed by atoms with van der Waals surface area (Å²) < 4.78 is 0. The minimum atomic E-state index is -0.264. The average molecular weight is 360 g/mol. The van der Waals surface area contributed by atoms with E-state index in [4.69, 9.17) is 0 Å². The van der Waals surface area contributed by atoms with Crippen molar-refractivity contribution >= 4 is 23.2 Å². The van der Waals surface area contributed by atoms with Crippen LogP contribution in [-0.4, -0.2) is 16.9 Å². The molecule has 0 heterocycles. The molecule has 0 bridgehead atoms. The Hall–Kier alpha value is -3.60. The molecule has 5 heteroatoms. The summed E-state index contributed by atoms with van der Waals surface area (Å²) in [5.41, 5.74) is 2.98. The van der Waals surface area contributed by atoms with Gasteiger partial charge in [-0.05, 0) is 42.8 Å². The summed E-state index contributed by atoms with van der Waals surface area (Å²) in [4.78, 5) is 24.9. The number of phenolic OH excluding ortho intramolecular Hbond substituents is 1. The Labute approximate surface area is 157 Å². The van der Waals surface area contributed by atoms with Gasteiger partial charge >= 0.3 is 0 Å². The van der Waals surface area contributed by atoms with Crippen molar-refractivity contribution in [3.05, 3.63) is 89.5 Å². The zero-order valence-electron chi connectivity index (χ0n) is 14.9. The molecule has 3 aromatic carbocycles. The van der Waals surface area contributed by atoms with Gasteiger partial charge in [0.15, 0.2) is 0 Å². The van der Waals surface area contributed by atoms with Crippen molar-refractivity contribution in [1.29, 1.82) is 0 Å². The Morgan fingerprint density at radius 3 is 2.30 bits per heavy atom. The lowest BCUT2D eigenvalue weighted by molar-refractivity contribution is -0.115. The van der Waals surface area contributed by atoms with Gasteiger partial charge in [-0.15, -0.1) is 0 Å². The summed E-state index contributed by atoms with van der Waals surface area (Å²) in [5, 5.41) is 15.5. The van der Waals surface area contributed by atoms with E-state index in [1.54, 1.807) is 49.4 Å². The molecule has 0 aliphatic carbocycles. The fraction of sp³-hybridized carbons (Fsp3) is 0.0909. The molecule has 27 heavy (non-hydrogen) atoms. The quantitative estimate of drug-likeness (QED) is 0.640. The van der Waals surface area contributed by atoms with Gasteiger partial charge in [0.1, 0.15) is 5.75 Å². The molecule has 0 aromatic heterocycles. The van der Waals surface area contributed by atoms with E-state index in [0.717, 1.165) is 0 Å². The number of benzene rings is 3. The molecule has 0 aliphatic heterocycles. The zero-order chi connectivity index (χ0) is 19.2. The van der Waals surface area contributed by atoms with Crippen LogP contribution in [0.2, 0.25) is 0 Å². The van der Waals surface area contributed by atoms with Crippen LogP contribution in [0, 0.1) is 6.92 Å². The summed E-state index contributed by atoms with van der Waals surface area (Å²) in [5.74, 6) is -0.420. The highest BCUT2D eigenvalue weighted by Crippen LogP contribution is 2.22. The number of phenols is 1. The normalized spacial score (nSPS) is 10.3. The second-order valence-electron chi connectivity index (χ2n) is 6.15. The Morgan fingerprint density at radius 2 is 1.56 bits per heavy atom. The van der Waals surface area contributed by atoms with E-state index in [1.807, 2.05) is 30.3 Å². The molecular formula is C22H20N2O3. The van der Waals surface area contributed by atoms with Crippen molar-refractivity contribution in [3.8, 4) is 5.75 Å². The van der Waals surface area contributed by atoms with E-state index in [-0.39, 0.29) is 24.0 Å². The maximum atomic E-state index is 12.6. The van der Waals surface area contributed by atoms with Gasteiger partial charge in [0, 0.05) is 22.5 Å². The largest absolute Gasteiger partial charge is 0.508 e. The molecule has 3 aromatic rings. The lowest BCUT2D eigenvalue weighted by Crippen LogP contribution is -2.18. The predicted octanol–water partition coefficient (Wildman–Crippen LogP) is 4.13. The molecule has 0 atom stereocenters. The predicted molar refractivity (Wildman–Crippen MR) is 106 cm³/mol. The minimum Gasteiger partial charge on any atom is -0.508 e. The Balaban J connectivity index is 1.73. The van der Waals surface area contributed by atoms with Gasteiger partial charge in [-0.1, -0.05) is 42.5 Å². The van der Waals surface area contributed by atoms with Gasteiger partial charge in [0.25, 0.3) is 5.91 Å². The van der Waals surface area contributed by atoms with Crippen LogP contribution in [0.5, 0.6) is 5.75 Å². The molecule has 0 fully saturated rings. The number of nitrogens with one attached hydrogen (secondary N) is 2. The third kappa shape index (κ3) is 4.52. The van der Waals surface area contributed by atoms with Crippen LogP contribution in [0.15, 0.2) is 72.8 Å². The summed E-state index contributed by atoms with van der Waals surface area (Å²) in [7, 11) is 0. The van der Waals surface area contributed by atoms with Crippen molar-refractivity contribution in [3.63, 3.8) is 0 Å². The van der Waals surface area contributed by atoms with Crippen molar-refractivity contribution in [1.82, 2.24) is 0 Å². The Morgan fingerprint density at radius 1 is 0.852 bits per heavy atom. The first-order chi connectivity index (χ1) is 13.0. The number of aromatic hydroxyl groups is 1. The van der Waals surface area contributed by atoms with Crippen molar-refractivity contribution < 1.29 is 14.7 Å². The summed E-state index contributed by atoms with van der Waals surface area (Å²) in [6, 6.07) is 21.1. The first-order valence-corrected chi connectivity index (χ1v) is 8.57. The van der Waals surface area contributed by atoms with Crippen LogP contribution >= 0.6 is 0 Å². The maximum Gasteiger partial charge on any atom is 0.256 e. The molecule has 136 valence electrons. The third-order valence-electron chi connectivity index (χ3n) is 4.23. The number of hydrogen-bond donors (Lipinski definition) is 3.